The molecule has 0 spiro atoms. The van der Waals surface area contributed by atoms with Crippen LogP contribution in [0.15, 0.2) is 18.6 Å². The summed E-state index contributed by atoms with van der Waals surface area (Å²) in [6.45, 7) is 3.57. The molecule has 1 N–H and O–H groups in total. The van der Waals surface area contributed by atoms with Gasteiger partial charge in [-0.15, -0.1) is 0 Å². The molecular formula is C19H22N8O2. The summed E-state index contributed by atoms with van der Waals surface area (Å²) in [6, 6.07) is 0.137. The monoisotopic (exact) mass is 394 g/mol. The number of amides is 1. The lowest BCUT2D eigenvalue weighted by Crippen LogP contribution is -2.55. The van der Waals surface area contributed by atoms with Gasteiger partial charge in [0.05, 0.1) is 18.6 Å². The van der Waals surface area contributed by atoms with Crippen molar-refractivity contribution in [1.29, 1.82) is 0 Å². The van der Waals surface area contributed by atoms with Crippen molar-refractivity contribution in [3.05, 3.63) is 18.6 Å². The molecule has 1 fully saturated rings. The summed E-state index contributed by atoms with van der Waals surface area (Å²) in [5.74, 6) is 1.78. The molecule has 0 radical (unpaired) electrons. The average molecular weight is 394 g/mol. The van der Waals surface area contributed by atoms with Gasteiger partial charge in [-0.3, -0.25) is 9.69 Å². The molecular weight excluding hydrogens is 372 g/mol. The number of carbonyl (C=O) groups excluding carboxylic acids is 1. The minimum atomic E-state index is -0.941. The van der Waals surface area contributed by atoms with E-state index in [2.05, 4.69) is 30.4 Å². The number of rotatable bonds is 3. The Bertz CT molecular complexity index is 1100. The van der Waals surface area contributed by atoms with Crippen LogP contribution in [0, 0.1) is 0 Å². The first-order valence-corrected chi connectivity index (χ1v) is 9.74. The third-order valence-corrected chi connectivity index (χ3v) is 5.43. The molecule has 0 atom stereocenters. The minimum absolute atomic E-state index is 0.0716. The molecule has 5 rings (SSSR count). The first-order valence-electron chi connectivity index (χ1n) is 9.74. The van der Waals surface area contributed by atoms with Crippen molar-refractivity contribution in [3.63, 3.8) is 0 Å². The van der Waals surface area contributed by atoms with Crippen molar-refractivity contribution >= 4 is 34.7 Å². The maximum atomic E-state index is 13.1. The summed E-state index contributed by atoms with van der Waals surface area (Å²) in [5, 5.41) is 7.23. The molecule has 10 heteroatoms. The Hall–Kier alpha value is -3.30. The third-order valence-electron chi connectivity index (χ3n) is 5.43. The number of nitrogens with one attached hydrogen (secondary N) is 1. The van der Waals surface area contributed by atoms with Crippen LogP contribution in [0.2, 0.25) is 0 Å². The predicted octanol–water partition coefficient (Wildman–Crippen LogP) is 2.34. The van der Waals surface area contributed by atoms with Gasteiger partial charge in [0, 0.05) is 13.1 Å². The van der Waals surface area contributed by atoms with Crippen molar-refractivity contribution in [2.45, 2.75) is 51.2 Å². The molecule has 3 aromatic rings. The Balaban J connectivity index is 1.51. The van der Waals surface area contributed by atoms with Crippen LogP contribution in [-0.2, 0) is 11.8 Å². The lowest BCUT2D eigenvalue weighted by molar-refractivity contribution is -0.133. The highest BCUT2D eigenvalue weighted by atomic mass is 16.5. The topological polar surface area (TPSA) is 111 Å². The molecule has 2 aliphatic rings. The molecule has 0 bridgehead atoms. The van der Waals surface area contributed by atoms with E-state index in [1.165, 1.54) is 0 Å². The standard InChI is InChI=1S/C19H22N8O2/c1-19(2)17(28)27(11-6-4-5-7-11)16-13(29-19)9-21-18(25-16)24-14-10-20-12-8-22-26(3)15(12)23-14/h8-11H,4-7H2,1-3H3,(H,21,23,24,25). The number of aromatic nitrogens is 6. The number of hydrogen-bond donors (Lipinski definition) is 1. The van der Waals surface area contributed by atoms with Crippen molar-refractivity contribution < 1.29 is 9.53 Å². The number of nitrogens with zero attached hydrogens (tertiary/aromatic N) is 7. The van der Waals surface area contributed by atoms with E-state index >= 15 is 0 Å². The molecule has 1 aliphatic heterocycles. The summed E-state index contributed by atoms with van der Waals surface area (Å²) >= 11 is 0. The van der Waals surface area contributed by atoms with Gasteiger partial charge in [-0.1, -0.05) is 12.8 Å². The fourth-order valence-electron chi connectivity index (χ4n) is 3.96. The number of ether oxygens (including phenoxy) is 1. The number of fused-ring (bicyclic) bond motifs is 2. The normalized spacial score (nSPS) is 18.7. The number of carbonyl (C=O) groups is 1. The van der Waals surface area contributed by atoms with Gasteiger partial charge in [-0.2, -0.15) is 10.1 Å². The van der Waals surface area contributed by atoms with E-state index in [0.29, 0.717) is 34.5 Å². The Morgan fingerprint density at radius 3 is 2.72 bits per heavy atom. The van der Waals surface area contributed by atoms with Gasteiger partial charge in [0.25, 0.3) is 5.91 Å². The van der Waals surface area contributed by atoms with Gasteiger partial charge in [0.2, 0.25) is 5.95 Å². The van der Waals surface area contributed by atoms with Gasteiger partial charge in [0.1, 0.15) is 5.52 Å². The van der Waals surface area contributed by atoms with Crippen molar-refractivity contribution in [1.82, 2.24) is 29.7 Å². The van der Waals surface area contributed by atoms with Gasteiger partial charge < -0.3 is 10.1 Å². The zero-order chi connectivity index (χ0) is 20.2. The van der Waals surface area contributed by atoms with E-state index in [1.807, 2.05) is 0 Å². The lowest BCUT2D eigenvalue weighted by atomic mass is 10.0. The summed E-state index contributed by atoms with van der Waals surface area (Å²) in [4.78, 5) is 32.7. The molecule has 1 aliphatic carbocycles. The number of aryl methyl sites for hydroxylation is 1. The van der Waals surface area contributed by atoms with Crippen molar-refractivity contribution in [3.8, 4) is 5.75 Å². The molecule has 150 valence electrons. The smallest absolute Gasteiger partial charge is 0.272 e. The van der Waals surface area contributed by atoms with E-state index in [9.17, 15) is 4.79 Å². The molecule has 1 amide bonds. The molecule has 0 saturated heterocycles. The Morgan fingerprint density at radius 2 is 1.93 bits per heavy atom. The van der Waals surface area contributed by atoms with Gasteiger partial charge in [-0.05, 0) is 26.7 Å². The minimum Gasteiger partial charge on any atom is -0.472 e. The lowest BCUT2D eigenvalue weighted by Gasteiger charge is -2.40. The fraction of sp³-hybridized carbons (Fsp3) is 0.474. The second-order valence-corrected chi connectivity index (χ2v) is 7.96. The van der Waals surface area contributed by atoms with Crippen molar-refractivity contribution in [2.75, 3.05) is 10.2 Å². The van der Waals surface area contributed by atoms with Crippen LogP contribution < -0.4 is 15.0 Å². The van der Waals surface area contributed by atoms with Gasteiger partial charge in [0.15, 0.2) is 28.6 Å². The number of hydrogen-bond acceptors (Lipinski definition) is 8. The SMILES string of the molecule is Cn1ncc2ncc(Nc3ncc4c(n3)N(C3CCCC3)C(=O)C(C)(C)O4)nc21. The zero-order valence-corrected chi connectivity index (χ0v) is 16.6. The fourth-order valence-corrected chi connectivity index (χ4v) is 3.96. The Labute approximate surface area is 167 Å². The molecule has 4 heterocycles. The molecule has 0 unspecified atom stereocenters. The molecule has 0 aromatic carbocycles. The summed E-state index contributed by atoms with van der Waals surface area (Å²) in [5.41, 5.74) is 0.420. The van der Waals surface area contributed by atoms with Crippen LogP contribution in [0.3, 0.4) is 0 Å². The van der Waals surface area contributed by atoms with Gasteiger partial charge >= 0.3 is 0 Å². The van der Waals surface area contributed by atoms with E-state index < -0.39 is 5.60 Å². The molecule has 3 aromatic heterocycles. The first-order chi connectivity index (χ1) is 13.9. The average Bonchev–Trinajstić information content (AvgIpc) is 3.34. The Morgan fingerprint density at radius 1 is 1.14 bits per heavy atom. The summed E-state index contributed by atoms with van der Waals surface area (Å²) in [6.07, 6.45) is 9.03. The molecule has 29 heavy (non-hydrogen) atoms. The highest BCUT2D eigenvalue weighted by molar-refractivity contribution is 6.02. The van der Waals surface area contributed by atoms with Crippen LogP contribution in [-0.4, -0.2) is 47.3 Å². The second kappa shape index (κ2) is 6.36. The van der Waals surface area contributed by atoms with Crippen LogP contribution >= 0.6 is 0 Å². The van der Waals surface area contributed by atoms with E-state index in [0.717, 1.165) is 25.7 Å². The van der Waals surface area contributed by atoms with E-state index in [-0.39, 0.29) is 11.9 Å². The van der Waals surface area contributed by atoms with Crippen LogP contribution in [0.5, 0.6) is 5.75 Å². The Kier molecular flexibility index (Phi) is 3.90. The maximum absolute atomic E-state index is 13.1. The molecule has 1 saturated carbocycles. The zero-order valence-electron chi connectivity index (χ0n) is 16.6. The number of anilines is 3. The quantitative estimate of drug-likeness (QED) is 0.721. The van der Waals surface area contributed by atoms with Crippen LogP contribution in [0.1, 0.15) is 39.5 Å². The predicted molar refractivity (Wildman–Crippen MR) is 106 cm³/mol. The highest BCUT2D eigenvalue weighted by Gasteiger charge is 2.45. The van der Waals surface area contributed by atoms with Crippen LogP contribution in [0.25, 0.3) is 11.2 Å². The third kappa shape index (κ3) is 2.95. The van der Waals surface area contributed by atoms with E-state index in [1.54, 1.807) is 49.1 Å². The first kappa shape index (κ1) is 17.8. The highest BCUT2D eigenvalue weighted by Crippen LogP contribution is 2.40. The van der Waals surface area contributed by atoms with E-state index in [4.69, 9.17) is 4.74 Å². The largest absolute Gasteiger partial charge is 0.472 e. The van der Waals surface area contributed by atoms with Crippen molar-refractivity contribution in [2.24, 2.45) is 7.05 Å². The molecule has 10 nitrogen and oxygen atoms in total. The second-order valence-electron chi connectivity index (χ2n) is 7.96. The summed E-state index contributed by atoms with van der Waals surface area (Å²) < 4.78 is 7.56. The summed E-state index contributed by atoms with van der Waals surface area (Å²) in [7, 11) is 1.81. The van der Waals surface area contributed by atoms with Gasteiger partial charge in [-0.25, -0.2) is 19.6 Å². The maximum Gasteiger partial charge on any atom is 0.272 e. The van der Waals surface area contributed by atoms with Crippen LogP contribution in [0.4, 0.5) is 17.6 Å².